The van der Waals surface area contributed by atoms with Crippen molar-refractivity contribution in [3.8, 4) is 0 Å². The maximum Gasteiger partial charge on any atom is 0.220 e. The third kappa shape index (κ3) is 5.82. The quantitative estimate of drug-likeness (QED) is 0.684. The van der Waals surface area contributed by atoms with Gasteiger partial charge in [-0.1, -0.05) is 0 Å². The summed E-state index contributed by atoms with van der Waals surface area (Å²) in [5.74, 6) is 0.0202. The zero-order valence-corrected chi connectivity index (χ0v) is 9.83. The van der Waals surface area contributed by atoms with Gasteiger partial charge in [0.2, 0.25) is 5.91 Å². The largest absolute Gasteiger partial charge is 0.379 e. The fraction of sp³-hybridized carbons (Fsp3) is 0.818. The summed E-state index contributed by atoms with van der Waals surface area (Å²) < 4.78 is 5.23. The Morgan fingerprint density at radius 3 is 2.56 bits per heavy atom. The van der Waals surface area contributed by atoms with Crippen molar-refractivity contribution < 1.29 is 14.3 Å². The van der Waals surface area contributed by atoms with Gasteiger partial charge in [-0.2, -0.15) is 0 Å². The molecule has 1 fully saturated rings. The number of ketones is 1. The maximum atomic E-state index is 11.3. The van der Waals surface area contributed by atoms with E-state index in [0.717, 1.165) is 32.8 Å². The number of carbonyl (C=O) groups excluding carboxylic acids is 2. The number of amides is 1. The summed E-state index contributed by atoms with van der Waals surface area (Å²) in [7, 11) is 0. The van der Waals surface area contributed by atoms with Gasteiger partial charge in [0.1, 0.15) is 5.78 Å². The van der Waals surface area contributed by atoms with Crippen LogP contribution in [0.25, 0.3) is 0 Å². The molecule has 0 aromatic rings. The predicted molar refractivity (Wildman–Crippen MR) is 60.2 cm³/mol. The van der Waals surface area contributed by atoms with Gasteiger partial charge in [0.15, 0.2) is 0 Å². The number of carbonyl (C=O) groups is 2. The minimum Gasteiger partial charge on any atom is -0.379 e. The van der Waals surface area contributed by atoms with Crippen LogP contribution in [-0.4, -0.2) is 56.0 Å². The van der Waals surface area contributed by atoms with E-state index in [2.05, 4.69) is 10.2 Å². The molecule has 1 aliphatic heterocycles. The van der Waals surface area contributed by atoms with Gasteiger partial charge in [-0.25, -0.2) is 0 Å². The van der Waals surface area contributed by atoms with Gasteiger partial charge in [-0.3, -0.25) is 9.69 Å². The van der Waals surface area contributed by atoms with Gasteiger partial charge in [0.25, 0.3) is 0 Å². The minimum atomic E-state index is -0.0385. The molecule has 16 heavy (non-hydrogen) atoms. The van der Waals surface area contributed by atoms with Crippen LogP contribution >= 0.6 is 0 Å². The number of nitrogens with zero attached hydrogens (tertiary/aromatic N) is 1. The molecule has 0 radical (unpaired) electrons. The molecule has 1 aliphatic rings. The third-order valence-corrected chi connectivity index (χ3v) is 2.56. The van der Waals surface area contributed by atoms with Crippen LogP contribution in [-0.2, 0) is 14.3 Å². The molecule has 1 amide bonds. The Hall–Kier alpha value is -0.940. The molecule has 0 bridgehead atoms. The Bertz CT molecular complexity index is 237. The molecule has 1 heterocycles. The van der Waals surface area contributed by atoms with Crippen LogP contribution < -0.4 is 5.32 Å². The van der Waals surface area contributed by atoms with Crippen LogP contribution in [0.3, 0.4) is 0 Å². The lowest BCUT2D eigenvalue weighted by Gasteiger charge is -2.26. The summed E-state index contributed by atoms with van der Waals surface area (Å²) in [4.78, 5) is 24.2. The van der Waals surface area contributed by atoms with E-state index in [0.29, 0.717) is 19.4 Å². The standard InChI is InChI=1S/C11H20N2O3/c1-10(14)2-3-11(15)12-4-5-13-6-8-16-9-7-13/h2-9H2,1H3,(H,12,15). The fourth-order valence-electron chi connectivity index (χ4n) is 1.56. The van der Waals surface area contributed by atoms with E-state index in [-0.39, 0.29) is 11.7 Å². The van der Waals surface area contributed by atoms with Gasteiger partial charge < -0.3 is 14.8 Å². The van der Waals surface area contributed by atoms with Crippen molar-refractivity contribution >= 4 is 11.7 Å². The smallest absolute Gasteiger partial charge is 0.220 e. The van der Waals surface area contributed by atoms with Crippen molar-refractivity contribution in [1.29, 1.82) is 0 Å². The van der Waals surface area contributed by atoms with Gasteiger partial charge in [0.05, 0.1) is 13.2 Å². The Labute approximate surface area is 96.1 Å². The second kappa shape index (κ2) is 7.35. The summed E-state index contributed by atoms with van der Waals surface area (Å²) in [5, 5.41) is 2.81. The van der Waals surface area contributed by atoms with E-state index >= 15 is 0 Å². The highest BCUT2D eigenvalue weighted by molar-refractivity contribution is 5.83. The zero-order valence-electron chi connectivity index (χ0n) is 9.83. The molecule has 0 atom stereocenters. The molecule has 1 rings (SSSR count). The lowest BCUT2D eigenvalue weighted by molar-refractivity contribution is -0.124. The Kier molecular flexibility index (Phi) is 6.03. The number of hydrogen-bond acceptors (Lipinski definition) is 4. The predicted octanol–water partition coefficient (Wildman–Crippen LogP) is -0.196. The monoisotopic (exact) mass is 228 g/mol. The van der Waals surface area contributed by atoms with E-state index in [1.165, 1.54) is 6.92 Å². The van der Waals surface area contributed by atoms with E-state index < -0.39 is 0 Å². The maximum absolute atomic E-state index is 11.3. The van der Waals surface area contributed by atoms with Crippen LogP contribution in [0, 0.1) is 0 Å². The molecule has 0 spiro atoms. The first-order valence-corrected chi connectivity index (χ1v) is 5.74. The average molecular weight is 228 g/mol. The summed E-state index contributed by atoms with van der Waals surface area (Å²) in [6, 6.07) is 0. The summed E-state index contributed by atoms with van der Waals surface area (Å²) >= 11 is 0. The third-order valence-electron chi connectivity index (χ3n) is 2.56. The highest BCUT2D eigenvalue weighted by Gasteiger charge is 2.10. The van der Waals surface area contributed by atoms with E-state index in [9.17, 15) is 9.59 Å². The summed E-state index contributed by atoms with van der Waals surface area (Å²) in [6.07, 6.45) is 0.641. The first kappa shape index (κ1) is 13.1. The summed E-state index contributed by atoms with van der Waals surface area (Å²) in [5.41, 5.74) is 0. The SMILES string of the molecule is CC(=O)CCC(=O)NCCN1CCOCC1. The molecule has 0 aromatic heterocycles. The molecule has 5 heteroatoms. The highest BCUT2D eigenvalue weighted by Crippen LogP contribution is 1.95. The number of nitrogens with one attached hydrogen (secondary N) is 1. The average Bonchev–Trinajstić information content (AvgIpc) is 2.28. The Morgan fingerprint density at radius 2 is 1.94 bits per heavy atom. The minimum absolute atomic E-state index is 0.0385. The van der Waals surface area contributed by atoms with Crippen molar-refractivity contribution in [2.45, 2.75) is 19.8 Å². The van der Waals surface area contributed by atoms with Crippen molar-refractivity contribution in [2.24, 2.45) is 0 Å². The van der Waals surface area contributed by atoms with E-state index in [1.54, 1.807) is 0 Å². The van der Waals surface area contributed by atoms with Crippen LogP contribution in [0.5, 0.6) is 0 Å². The van der Waals surface area contributed by atoms with Crippen molar-refractivity contribution in [2.75, 3.05) is 39.4 Å². The topological polar surface area (TPSA) is 58.6 Å². The molecule has 0 saturated carbocycles. The lowest BCUT2D eigenvalue weighted by atomic mass is 10.2. The summed E-state index contributed by atoms with van der Waals surface area (Å²) in [6.45, 7) is 6.43. The molecule has 92 valence electrons. The number of morpholine rings is 1. The fourth-order valence-corrected chi connectivity index (χ4v) is 1.56. The Morgan fingerprint density at radius 1 is 1.25 bits per heavy atom. The highest BCUT2D eigenvalue weighted by atomic mass is 16.5. The molecular formula is C11H20N2O3. The van der Waals surface area contributed by atoms with Crippen molar-refractivity contribution in [1.82, 2.24) is 10.2 Å². The van der Waals surface area contributed by atoms with Gasteiger partial charge >= 0.3 is 0 Å². The molecule has 5 nitrogen and oxygen atoms in total. The van der Waals surface area contributed by atoms with Crippen molar-refractivity contribution in [3.63, 3.8) is 0 Å². The van der Waals surface area contributed by atoms with Crippen LogP contribution in [0.4, 0.5) is 0 Å². The van der Waals surface area contributed by atoms with E-state index in [4.69, 9.17) is 4.74 Å². The molecular weight excluding hydrogens is 208 g/mol. The van der Waals surface area contributed by atoms with Crippen LogP contribution in [0.15, 0.2) is 0 Å². The zero-order chi connectivity index (χ0) is 11.8. The second-order valence-corrected chi connectivity index (χ2v) is 4.01. The molecule has 0 aromatic carbocycles. The molecule has 1 N–H and O–H groups in total. The first-order valence-electron chi connectivity index (χ1n) is 5.74. The van der Waals surface area contributed by atoms with Gasteiger partial charge in [0, 0.05) is 39.0 Å². The van der Waals surface area contributed by atoms with Crippen LogP contribution in [0.2, 0.25) is 0 Å². The number of ether oxygens (including phenoxy) is 1. The molecule has 0 aliphatic carbocycles. The Balaban J connectivity index is 2.01. The van der Waals surface area contributed by atoms with Crippen molar-refractivity contribution in [3.05, 3.63) is 0 Å². The second-order valence-electron chi connectivity index (χ2n) is 4.01. The first-order chi connectivity index (χ1) is 7.68. The number of rotatable bonds is 6. The number of Topliss-reactive ketones (excluding diaryl/α,β-unsaturated/α-hetero) is 1. The molecule has 0 unspecified atom stereocenters. The van der Waals surface area contributed by atoms with Crippen LogP contribution in [0.1, 0.15) is 19.8 Å². The normalized spacial score (nSPS) is 17.1. The van der Waals surface area contributed by atoms with Gasteiger partial charge in [-0.05, 0) is 6.92 Å². The number of hydrogen-bond donors (Lipinski definition) is 1. The van der Waals surface area contributed by atoms with E-state index in [1.807, 2.05) is 0 Å². The van der Waals surface area contributed by atoms with Gasteiger partial charge in [-0.15, -0.1) is 0 Å². The lowest BCUT2D eigenvalue weighted by Crippen LogP contribution is -2.41. The molecule has 1 saturated heterocycles.